The van der Waals surface area contributed by atoms with Crippen LogP contribution in [0.2, 0.25) is 0 Å². The Labute approximate surface area is 187 Å². The van der Waals surface area contributed by atoms with Crippen LogP contribution in [0.3, 0.4) is 0 Å². The fraction of sp³-hybridized carbons (Fsp3) is 0.920. The zero-order chi connectivity index (χ0) is 23.4. The van der Waals surface area contributed by atoms with Gasteiger partial charge in [-0.05, 0) is 58.7 Å². The summed E-state index contributed by atoms with van der Waals surface area (Å²) in [7, 11) is 2.17. The highest BCUT2D eigenvalue weighted by Crippen LogP contribution is 2.21. The molecule has 0 saturated carbocycles. The second kappa shape index (κ2) is 14.1. The molecule has 0 radical (unpaired) electrons. The van der Waals surface area contributed by atoms with Crippen molar-refractivity contribution in [3.63, 3.8) is 0 Å². The lowest BCUT2D eigenvalue weighted by atomic mass is 9.95. The highest BCUT2D eigenvalue weighted by molar-refractivity contribution is 5.82. The topological polar surface area (TPSA) is 43.9 Å². The Bertz CT molecular complexity index is 436. The summed E-state index contributed by atoms with van der Waals surface area (Å²) >= 11 is 0. The van der Waals surface area contributed by atoms with Crippen LogP contribution in [0.1, 0.15) is 93.9 Å². The van der Waals surface area contributed by atoms with Gasteiger partial charge in [0.2, 0.25) is 11.8 Å². The van der Waals surface area contributed by atoms with E-state index in [2.05, 4.69) is 11.9 Å². The molecule has 0 N–H and O–H groups in total. The summed E-state index contributed by atoms with van der Waals surface area (Å²) in [5.41, 5.74) is -0.380. The van der Waals surface area contributed by atoms with Crippen LogP contribution in [-0.4, -0.2) is 72.8 Å². The minimum Gasteiger partial charge on any atom is -0.342 e. The van der Waals surface area contributed by atoms with E-state index in [-0.39, 0.29) is 10.8 Å². The monoisotopic (exact) mass is 425 g/mol. The molecule has 0 aromatic heterocycles. The van der Waals surface area contributed by atoms with Crippen LogP contribution in [0.15, 0.2) is 0 Å². The average molecular weight is 426 g/mol. The van der Waals surface area contributed by atoms with Crippen LogP contribution in [0, 0.1) is 10.8 Å². The molecule has 0 aromatic carbocycles. The number of hydrogen-bond donors (Lipinski definition) is 0. The summed E-state index contributed by atoms with van der Waals surface area (Å²) in [6.45, 7) is 22.4. The Morgan fingerprint density at radius 3 is 0.933 bits per heavy atom. The molecule has 0 atom stereocenters. The fourth-order valence-corrected chi connectivity index (χ4v) is 3.66. The largest absolute Gasteiger partial charge is 0.342 e. The van der Waals surface area contributed by atoms with Crippen molar-refractivity contribution in [3.8, 4) is 0 Å². The molecule has 3 saturated heterocycles. The van der Waals surface area contributed by atoms with E-state index in [1.54, 1.807) is 0 Å². The van der Waals surface area contributed by atoms with Gasteiger partial charge < -0.3 is 14.7 Å². The first-order chi connectivity index (χ1) is 13.9. The van der Waals surface area contributed by atoms with Crippen molar-refractivity contribution in [2.24, 2.45) is 10.8 Å². The Morgan fingerprint density at radius 1 is 0.533 bits per heavy atom. The van der Waals surface area contributed by atoms with E-state index in [9.17, 15) is 9.59 Å². The van der Waals surface area contributed by atoms with Crippen molar-refractivity contribution in [2.75, 3.05) is 46.3 Å². The van der Waals surface area contributed by atoms with E-state index in [1.165, 1.54) is 51.6 Å². The molecule has 178 valence electrons. The molecule has 0 aliphatic carbocycles. The lowest BCUT2D eigenvalue weighted by molar-refractivity contribution is -0.138. The minimum atomic E-state index is -0.190. The third kappa shape index (κ3) is 11.3. The lowest BCUT2D eigenvalue weighted by Crippen LogP contribution is -2.37. The van der Waals surface area contributed by atoms with E-state index >= 15 is 0 Å². The van der Waals surface area contributed by atoms with Crippen LogP contribution in [0.25, 0.3) is 0 Å². The van der Waals surface area contributed by atoms with Crippen molar-refractivity contribution in [1.29, 1.82) is 0 Å². The van der Waals surface area contributed by atoms with Crippen molar-refractivity contribution in [2.45, 2.75) is 93.9 Å². The first-order valence-corrected chi connectivity index (χ1v) is 12.2. The molecule has 0 spiro atoms. The summed E-state index contributed by atoms with van der Waals surface area (Å²) in [4.78, 5) is 29.5. The van der Waals surface area contributed by atoms with E-state index in [1.807, 2.05) is 65.2 Å². The second-order valence-electron chi connectivity index (χ2n) is 10.5. The summed E-state index contributed by atoms with van der Waals surface area (Å²) in [6.07, 6.45) is 7.56. The van der Waals surface area contributed by atoms with Gasteiger partial charge in [-0.2, -0.15) is 0 Å². The highest BCUT2D eigenvalue weighted by Gasteiger charge is 2.29. The van der Waals surface area contributed by atoms with Gasteiger partial charge in [-0.3, -0.25) is 9.59 Å². The molecule has 3 aliphatic rings. The van der Waals surface area contributed by atoms with Crippen LogP contribution in [0.4, 0.5) is 0 Å². The zero-order valence-electron chi connectivity index (χ0n) is 21.6. The van der Waals surface area contributed by atoms with Crippen molar-refractivity contribution in [3.05, 3.63) is 0 Å². The van der Waals surface area contributed by atoms with Gasteiger partial charge in [0.05, 0.1) is 0 Å². The molecular formula is C25H51N3O2. The Hall–Kier alpha value is -1.10. The van der Waals surface area contributed by atoms with E-state index < -0.39 is 0 Å². The van der Waals surface area contributed by atoms with E-state index in [0.29, 0.717) is 11.8 Å². The maximum atomic E-state index is 11.6. The average Bonchev–Trinajstić information content (AvgIpc) is 3.44. The molecule has 3 fully saturated rings. The van der Waals surface area contributed by atoms with E-state index in [0.717, 1.165) is 26.2 Å². The Kier molecular flexibility index (Phi) is 13.5. The number of carbonyl (C=O) groups is 2. The maximum absolute atomic E-state index is 11.6. The third-order valence-electron chi connectivity index (χ3n) is 5.40. The first-order valence-electron chi connectivity index (χ1n) is 12.2. The molecule has 5 nitrogen and oxygen atoms in total. The third-order valence-corrected chi connectivity index (χ3v) is 5.40. The van der Waals surface area contributed by atoms with Crippen molar-refractivity contribution in [1.82, 2.24) is 14.7 Å². The van der Waals surface area contributed by atoms with Gasteiger partial charge in [0.15, 0.2) is 0 Å². The number of hydrogen-bond acceptors (Lipinski definition) is 3. The number of likely N-dealkylation sites (tertiary alicyclic amines) is 3. The maximum Gasteiger partial charge on any atom is 0.227 e. The zero-order valence-corrected chi connectivity index (χ0v) is 21.6. The lowest BCUT2D eigenvalue weighted by Gasteiger charge is -2.25. The number of rotatable bonds is 0. The minimum absolute atomic E-state index is 0.190. The van der Waals surface area contributed by atoms with Crippen molar-refractivity contribution < 1.29 is 9.59 Å². The molecule has 0 bridgehead atoms. The van der Waals surface area contributed by atoms with E-state index in [4.69, 9.17) is 0 Å². The summed E-state index contributed by atoms with van der Waals surface area (Å²) in [6, 6.07) is 0. The highest BCUT2D eigenvalue weighted by atomic mass is 16.2. The Morgan fingerprint density at radius 2 is 0.767 bits per heavy atom. The number of carbonyl (C=O) groups excluding carboxylic acids is 2. The predicted molar refractivity (Wildman–Crippen MR) is 129 cm³/mol. The Balaban J connectivity index is 0.000000419. The number of nitrogens with zero attached hydrogens (tertiary/aromatic N) is 3. The molecule has 0 aromatic rings. The SMILES string of the molecule is CC.CC(C)(C)C(=O)N1CCCC1.CC(C)(C)C(=O)N1CCCC1.CN1CCCC1. The summed E-state index contributed by atoms with van der Waals surface area (Å²) < 4.78 is 0. The normalized spacial score (nSPS) is 19.2. The molecule has 0 unspecified atom stereocenters. The number of amides is 2. The van der Waals surface area contributed by atoms with Crippen LogP contribution < -0.4 is 0 Å². The van der Waals surface area contributed by atoms with Gasteiger partial charge in [-0.1, -0.05) is 55.4 Å². The van der Waals surface area contributed by atoms with Crippen LogP contribution in [-0.2, 0) is 9.59 Å². The molecule has 5 heteroatoms. The quantitative estimate of drug-likeness (QED) is 0.545. The van der Waals surface area contributed by atoms with Crippen molar-refractivity contribution >= 4 is 11.8 Å². The molecule has 3 heterocycles. The second-order valence-corrected chi connectivity index (χ2v) is 10.5. The molecule has 2 amide bonds. The molecule has 3 rings (SSSR count). The van der Waals surface area contributed by atoms with Gasteiger partial charge >= 0.3 is 0 Å². The van der Waals surface area contributed by atoms with Gasteiger partial charge in [0.1, 0.15) is 0 Å². The summed E-state index contributed by atoms with van der Waals surface area (Å²) in [5.74, 6) is 0.602. The van der Waals surface area contributed by atoms with Gasteiger partial charge in [-0.15, -0.1) is 0 Å². The first kappa shape index (κ1) is 28.9. The predicted octanol–water partition coefficient (Wildman–Crippen LogP) is 5.05. The standard InChI is InChI=1S/2C9H17NO.C5H11N.C2H6/c2*1-9(2,3)8(11)10-6-4-5-7-10;1-6-4-2-3-5-6;1-2/h2*4-7H2,1-3H3;2-5H2,1H3;1-2H3. The molecule has 3 aliphatic heterocycles. The van der Waals surface area contributed by atoms with Gasteiger partial charge in [0.25, 0.3) is 0 Å². The van der Waals surface area contributed by atoms with Gasteiger partial charge in [0, 0.05) is 37.0 Å². The fourth-order valence-electron chi connectivity index (χ4n) is 3.66. The summed E-state index contributed by atoms with van der Waals surface area (Å²) in [5, 5.41) is 0. The smallest absolute Gasteiger partial charge is 0.227 e. The van der Waals surface area contributed by atoms with Crippen LogP contribution >= 0.6 is 0 Å². The molecule has 30 heavy (non-hydrogen) atoms. The van der Waals surface area contributed by atoms with Crippen LogP contribution in [0.5, 0.6) is 0 Å². The molecular weight excluding hydrogens is 374 g/mol. The van der Waals surface area contributed by atoms with Gasteiger partial charge in [-0.25, -0.2) is 0 Å².